The number of nitrogens with zero attached hydrogens (tertiary/aromatic N) is 2. The molecule has 3 atom stereocenters. The standard InChI is InChI=1S/C27H33FN2OS.C2H6/c1-5-7-19(18-32-14-6-2)26(31)24-13-8-21-15-25-20(16-27(21,24)3)17-29(4)30(25)23-11-9-22(28)10-12-23;1-2/h5-6,9-12,15,18,24,26,31H,1-2,7-8,13-14,16-17H2,3-4H3;1-2H3/b19-18+;. The van der Waals surface area contributed by atoms with E-state index >= 15 is 0 Å². The Balaban J connectivity index is 0.00000158. The van der Waals surface area contributed by atoms with Crippen LogP contribution in [0.4, 0.5) is 10.1 Å². The van der Waals surface area contributed by atoms with E-state index in [1.807, 2.05) is 38.1 Å². The van der Waals surface area contributed by atoms with E-state index in [0.29, 0.717) is 6.42 Å². The van der Waals surface area contributed by atoms with Crippen molar-refractivity contribution in [2.45, 2.75) is 52.6 Å². The van der Waals surface area contributed by atoms with E-state index in [2.05, 4.69) is 48.6 Å². The zero-order chi connectivity index (χ0) is 24.9. The van der Waals surface area contributed by atoms with E-state index in [0.717, 1.165) is 42.8 Å². The summed E-state index contributed by atoms with van der Waals surface area (Å²) in [5, 5.41) is 17.9. The van der Waals surface area contributed by atoms with Crippen molar-refractivity contribution >= 4 is 17.4 Å². The number of likely N-dealkylation sites (N-methyl/N-ethyl adjacent to an activating group) is 1. The molecule has 5 heteroatoms. The molecule has 2 aliphatic carbocycles. The van der Waals surface area contributed by atoms with E-state index in [9.17, 15) is 9.50 Å². The van der Waals surface area contributed by atoms with Crippen molar-refractivity contribution in [1.82, 2.24) is 5.01 Å². The van der Waals surface area contributed by atoms with Crippen molar-refractivity contribution in [3.05, 3.63) is 89.3 Å². The minimum absolute atomic E-state index is 0.0543. The Hall–Kier alpha value is -2.08. The minimum Gasteiger partial charge on any atom is -0.388 e. The lowest BCUT2D eigenvalue weighted by molar-refractivity contribution is 0.0815. The first-order chi connectivity index (χ1) is 16.4. The molecule has 0 radical (unpaired) electrons. The maximum atomic E-state index is 13.5. The smallest absolute Gasteiger partial charge is 0.123 e. The molecule has 3 nitrogen and oxygen atoms in total. The topological polar surface area (TPSA) is 26.7 Å². The fourth-order valence-electron chi connectivity index (χ4n) is 5.63. The van der Waals surface area contributed by atoms with Crippen molar-refractivity contribution in [3.8, 4) is 0 Å². The van der Waals surface area contributed by atoms with Crippen LogP contribution >= 0.6 is 11.8 Å². The molecule has 3 unspecified atom stereocenters. The highest BCUT2D eigenvalue weighted by Gasteiger charge is 2.50. The second-order valence-electron chi connectivity index (χ2n) is 9.25. The molecular weight excluding hydrogens is 443 g/mol. The second-order valence-corrected chi connectivity index (χ2v) is 10.2. The number of hydrogen-bond acceptors (Lipinski definition) is 4. The molecule has 1 heterocycles. The van der Waals surface area contributed by atoms with Crippen LogP contribution in [0.2, 0.25) is 0 Å². The van der Waals surface area contributed by atoms with Crippen molar-refractivity contribution < 1.29 is 9.50 Å². The fraction of sp³-hybridized carbons (Fsp3) is 0.448. The highest BCUT2D eigenvalue weighted by molar-refractivity contribution is 8.02. The van der Waals surface area contributed by atoms with Gasteiger partial charge in [0.05, 0.1) is 17.5 Å². The predicted octanol–water partition coefficient (Wildman–Crippen LogP) is 7.26. The summed E-state index contributed by atoms with van der Waals surface area (Å²) >= 11 is 1.68. The first-order valence-corrected chi connectivity index (χ1v) is 13.3. The van der Waals surface area contributed by atoms with E-state index < -0.39 is 6.10 Å². The summed E-state index contributed by atoms with van der Waals surface area (Å²) in [4.78, 5) is 0. The van der Waals surface area contributed by atoms with Gasteiger partial charge in [0.15, 0.2) is 0 Å². The number of aliphatic hydroxyl groups is 1. The van der Waals surface area contributed by atoms with Gasteiger partial charge in [0.25, 0.3) is 0 Å². The van der Waals surface area contributed by atoms with Crippen LogP contribution in [0.3, 0.4) is 0 Å². The van der Waals surface area contributed by atoms with Gasteiger partial charge in [-0.3, -0.25) is 5.01 Å². The zero-order valence-electron chi connectivity index (χ0n) is 21.1. The van der Waals surface area contributed by atoms with Gasteiger partial charge in [-0.15, -0.1) is 24.9 Å². The molecule has 34 heavy (non-hydrogen) atoms. The third kappa shape index (κ3) is 5.12. The molecule has 0 bridgehead atoms. The second kappa shape index (κ2) is 11.6. The van der Waals surface area contributed by atoms with Gasteiger partial charge < -0.3 is 5.11 Å². The maximum Gasteiger partial charge on any atom is 0.123 e. The Morgan fingerprint density at radius 2 is 1.97 bits per heavy atom. The van der Waals surface area contributed by atoms with Crippen molar-refractivity contribution in [1.29, 1.82) is 0 Å². The molecule has 4 rings (SSSR count). The Morgan fingerprint density at radius 1 is 1.26 bits per heavy atom. The van der Waals surface area contributed by atoms with Crippen molar-refractivity contribution in [3.63, 3.8) is 0 Å². The molecule has 0 aromatic heterocycles. The summed E-state index contributed by atoms with van der Waals surface area (Å²) in [6.45, 7) is 14.9. The summed E-state index contributed by atoms with van der Waals surface area (Å²) in [5.74, 6) is 0.799. The zero-order valence-corrected chi connectivity index (χ0v) is 21.9. The lowest BCUT2D eigenvalue weighted by Gasteiger charge is -2.39. The Bertz CT molecular complexity index is 980. The van der Waals surface area contributed by atoms with Gasteiger partial charge in [-0.25, -0.2) is 9.40 Å². The number of hydrazine groups is 1. The van der Waals surface area contributed by atoms with E-state index in [1.54, 1.807) is 11.8 Å². The Morgan fingerprint density at radius 3 is 2.62 bits per heavy atom. The van der Waals surface area contributed by atoms with Gasteiger partial charge in [-0.1, -0.05) is 38.5 Å². The number of fused-ring (bicyclic) bond motifs is 1. The van der Waals surface area contributed by atoms with Gasteiger partial charge >= 0.3 is 0 Å². The minimum atomic E-state index is -0.476. The highest BCUT2D eigenvalue weighted by atomic mass is 32.2. The number of rotatable bonds is 8. The number of anilines is 1. The SMILES string of the molecule is C=CCS/C=C(\CC=C)C(O)C1CCC2=CC3=C(CN(C)N3c3ccc(F)cc3)CC21C.CC. The van der Waals surface area contributed by atoms with E-state index in [4.69, 9.17) is 0 Å². The molecule has 1 fully saturated rings. The Kier molecular flexibility index (Phi) is 9.02. The van der Waals surface area contributed by atoms with Crippen LogP contribution in [0.15, 0.2) is 83.5 Å². The van der Waals surface area contributed by atoms with Crippen LogP contribution in [0.25, 0.3) is 0 Å². The molecule has 3 aliphatic rings. The number of hydrogen-bond donors (Lipinski definition) is 1. The van der Waals surface area contributed by atoms with E-state index in [-0.39, 0.29) is 17.2 Å². The summed E-state index contributed by atoms with van der Waals surface area (Å²) in [7, 11) is 2.08. The molecule has 1 aromatic rings. The van der Waals surface area contributed by atoms with Crippen molar-refractivity contribution in [2.75, 3.05) is 24.4 Å². The molecule has 0 amide bonds. The first kappa shape index (κ1) is 26.5. The quantitative estimate of drug-likeness (QED) is 0.312. The number of benzene rings is 1. The maximum absolute atomic E-state index is 13.5. The van der Waals surface area contributed by atoms with Crippen LogP contribution in [0.5, 0.6) is 0 Å². The molecule has 184 valence electrons. The van der Waals surface area contributed by atoms with Crippen LogP contribution < -0.4 is 5.01 Å². The average Bonchev–Trinajstić information content (AvgIpc) is 3.32. The number of halogens is 1. The van der Waals surface area contributed by atoms with Gasteiger partial charge in [-0.05, 0) is 83.9 Å². The lowest BCUT2D eigenvalue weighted by atomic mass is 9.67. The summed E-state index contributed by atoms with van der Waals surface area (Å²) < 4.78 is 13.5. The van der Waals surface area contributed by atoms with Crippen LogP contribution in [-0.4, -0.2) is 35.6 Å². The lowest BCUT2D eigenvalue weighted by Crippen LogP contribution is -2.36. The molecule has 1 saturated carbocycles. The van der Waals surface area contributed by atoms with E-state index in [1.165, 1.54) is 29.0 Å². The molecule has 1 aromatic carbocycles. The molecule has 0 saturated heterocycles. The summed E-state index contributed by atoms with van der Waals surface area (Å²) in [6.07, 6.45) is 9.25. The average molecular weight is 483 g/mol. The molecule has 0 spiro atoms. The van der Waals surface area contributed by atoms with Gasteiger partial charge in [0.1, 0.15) is 5.82 Å². The fourth-order valence-corrected chi connectivity index (χ4v) is 6.31. The first-order valence-electron chi connectivity index (χ1n) is 12.3. The monoisotopic (exact) mass is 482 g/mol. The third-order valence-electron chi connectivity index (χ3n) is 7.18. The van der Waals surface area contributed by atoms with Crippen LogP contribution in [0.1, 0.15) is 46.5 Å². The van der Waals surface area contributed by atoms with Gasteiger partial charge in [-0.2, -0.15) is 0 Å². The highest BCUT2D eigenvalue weighted by Crippen LogP contribution is 2.57. The molecule has 1 aliphatic heterocycles. The number of thioether (sulfide) groups is 1. The Labute approximate surface area is 209 Å². The molecular formula is C29H39FN2OS. The third-order valence-corrected chi connectivity index (χ3v) is 8.08. The normalized spacial score (nSPS) is 25.2. The van der Waals surface area contributed by atoms with Crippen molar-refractivity contribution in [2.24, 2.45) is 11.3 Å². The number of aliphatic hydroxyl groups excluding tert-OH is 1. The predicted molar refractivity (Wildman–Crippen MR) is 145 cm³/mol. The summed E-state index contributed by atoms with van der Waals surface area (Å²) in [6, 6.07) is 6.70. The van der Waals surface area contributed by atoms with Crippen LogP contribution in [-0.2, 0) is 0 Å². The molecule has 1 N–H and O–H groups in total. The largest absolute Gasteiger partial charge is 0.388 e. The van der Waals surface area contributed by atoms with Gasteiger partial charge in [0, 0.05) is 19.3 Å². The van der Waals surface area contributed by atoms with Gasteiger partial charge in [0.2, 0.25) is 0 Å². The summed E-state index contributed by atoms with van der Waals surface area (Å²) in [5.41, 5.74) is 5.99. The van der Waals surface area contributed by atoms with Crippen LogP contribution in [0, 0.1) is 17.2 Å². The number of allylic oxidation sites excluding steroid dienone is 3.